The summed E-state index contributed by atoms with van der Waals surface area (Å²) < 4.78 is 38.8. The van der Waals surface area contributed by atoms with Gasteiger partial charge >= 0.3 is 0 Å². The third kappa shape index (κ3) is 4.81. The van der Waals surface area contributed by atoms with E-state index < -0.39 is 10.0 Å². The van der Waals surface area contributed by atoms with Crippen molar-refractivity contribution in [2.24, 2.45) is 0 Å². The summed E-state index contributed by atoms with van der Waals surface area (Å²) in [5.41, 5.74) is 2.42. The molecule has 2 atom stereocenters. The van der Waals surface area contributed by atoms with E-state index in [0.717, 1.165) is 44.1 Å². The molecule has 5 rings (SSSR count). The van der Waals surface area contributed by atoms with E-state index >= 15 is 0 Å². The topological polar surface area (TPSA) is 84.9 Å². The molecule has 30 heavy (non-hydrogen) atoms. The van der Waals surface area contributed by atoms with Crippen LogP contribution < -0.4 is 9.46 Å². The minimum absolute atomic E-state index is 0.0469. The van der Waals surface area contributed by atoms with E-state index in [4.69, 9.17) is 9.47 Å². The van der Waals surface area contributed by atoms with E-state index in [1.54, 1.807) is 4.90 Å². The van der Waals surface area contributed by atoms with Gasteiger partial charge in [0.05, 0.1) is 25.0 Å². The van der Waals surface area contributed by atoms with Crippen molar-refractivity contribution in [1.29, 1.82) is 0 Å². The molecule has 2 fully saturated rings. The van der Waals surface area contributed by atoms with Crippen LogP contribution in [0, 0.1) is 6.92 Å². The summed E-state index contributed by atoms with van der Waals surface area (Å²) >= 11 is 0. The molecular formula is C22H32N2O5S. The van der Waals surface area contributed by atoms with Gasteiger partial charge in [0.2, 0.25) is 10.0 Å². The van der Waals surface area contributed by atoms with Crippen LogP contribution in [-0.4, -0.2) is 63.4 Å². The second-order valence-corrected chi connectivity index (χ2v) is 10.7. The van der Waals surface area contributed by atoms with Gasteiger partial charge in [0, 0.05) is 18.2 Å². The highest BCUT2D eigenvalue weighted by molar-refractivity contribution is 7.88. The number of fused-ring (bicyclic) bond motifs is 5. The van der Waals surface area contributed by atoms with Gasteiger partial charge in [-0.25, -0.2) is 13.1 Å². The van der Waals surface area contributed by atoms with Crippen LogP contribution >= 0.6 is 0 Å². The van der Waals surface area contributed by atoms with Crippen molar-refractivity contribution in [2.45, 2.75) is 69.6 Å². The Labute approximate surface area is 179 Å². The maximum absolute atomic E-state index is 13.1. The maximum Gasteiger partial charge on any atom is 0.260 e. The first-order valence-corrected chi connectivity index (χ1v) is 12.8. The van der Waals surface area contributed by atoms with E-state index in [0.29, 0.717) is 25.5 Å². The Bertz CT molecular complexity index is 880. The van der Waals surface area contributed by atoms with Gasteiger partial charge in [-0.1, -0.05) is 12.1 Å². The Morgan fingerprint density at radius 1 is 1.13 bits per heavy atom. The van der Waals surface area contributed by atoms with Crippen molar-refractivity contribution in [3.05, 3.63) is 29.3 Å². The van der Waals surface area contributed by atoms with Crippen molar-refractivity contribution in [3.8, 4) is 5.75 Å². The average molecular weight is 437 g/mol. The van der Waals surface area contributed by atoms with Gasteiger partial charge in [-0.3, -0.25) is 4.79 Å². The standard InChI is InChI=1S/C22H32N2O5S/c1-15-5-3-7-20-22(15)16-8-10-17(11-9-16)28-13-19-18(23-30(2,26)27)6-4-12-24(19)21(25)14-29-20/h3,5,7,16-19,23H,4,6,8-14H2,1-2H3/t16-,17+,18-,19-/m0/s1. The first kappa shape index (κ1) is 21.6. The van der Waals surface area contributed by atoms with Gasteiger partial charge in [0.25, 0.3) is 5.91 Å². The smallest absolute Gasteiger partial charge is 0.260 e. The van der Waals surface area contributed by atoms with Gasteiger partial charge in [-0.05, 0) is 63.0 Å². The number of nitrogens with zero attached hydrogens (tertiary/aromatic N) is 1. The molecule has 1 aliphatic carbocycles. The normalized spacial score (nSPS) is 30.3. The fourth-order valence-corrected chi connectivity index (χ4v) is 6.09. The van der Waals surface area contributed by atoms with Crippen LogP contribution in [0.2, 0.25) is 0 Å². The molecule has 0 aromatic heterocycles. The zero-order valence-corrected chi connectivity index (χ0v) is 18.6. The fourth-order valence-electron chi connectivity index (χ4n) is 5.26. The number of ether oxygens (including phenoxy) is 2. The predicted molar refractivity (Wildman–Crippen MR) is 114 cm³/mol. The van der Waals surface area contributed by atoms with E-state index in [2.05, 4.69) is 17.7 Å². The van der Waals surface area contributed by atoms with Crippen LogP contribution in [0.1, 0.15) is 55.6 Å². The molecule has 0 radical (unpaired) electrons. The van der Waals surface area contributed by atoms with Crippen LogP contribution in [0.4, 0.5) is 0 Å². The second kappa shape index (κ2) is 8.85. The van der Waals surface area contributed by atoms with Crippen molar-refractivity contribution in [3.63, 3.8) is 0 Å². The average Bonchev–Trinajstić information content (AvgIpc) is 2.71. The van der Waals surface area contributed by atoms with Crippen molar-refractivity contribution < 1.29 is 22.7 Å². The number of sulfonamides is 1. The number of benzene rings is 1. The molecule has 7 nitrogen and oxygen atoms in total. The number of carbonyl (C=O) groups excluding carboxylic acids is 1. The highest BCUT2D eigenvalue weighted by atomic mass is 32.2. The predicted octanol–water partition coefficient (Wildman–Crippen LogP) is 2.34. The summed E-state index contributed by atoms with van der Waals surface area (Å²) in [7, 11) is -3.38. The second-order valence-electron chi connectivity index (χ2n) is 8.88. The summed E-state index contributed by atoms with van der Waals surface area (Å²) in [6, 6.07) is 5.38. The van der Waals surface area contributed by atoms with Gasteiger partial charge < -0.3 is 14.4 Å². The lowest BCUT2D eigenvalue weighted by molar-refractivity contribution is -0.140. The highest BCUT2D eigenvalue weighted by Gasteiger charge is 2.37. The van der Waals surface area contributed by atoms with Crippen LogP contribution in [0.25, 0.3) is 0 Å². The largest absolute Gasteiger partial charge is 0.483 e. The molecule has 2 bridgehead atoms. The number of aryl methyl sites for hydroxylation is 1. The summed E-state index contributed by atoms with van der Waals surface area (Å²) in [5, 5.41) is 0. The molecule has 3 aliphatic heterocycles. The van der Waals surface area contributed by atoms with Gasteiger partial charge in [-0.15, -0.1) is 0 Å². The minimum Gasteiger partial charge on any atom is -0.483 e. The first-order chi connectivity index (χ1) is 14.3. The Kier molecular flexibility index (Phi) is 6.36. The molecule has 1 aromatic rings. The summed E-state index contributed by atoms with van der Waals surface area (Å²) in [5.74, 6) is 1.09. The molecule has 0 unspecified atom stereocenters. The van der Waals surface area contributed by atoms with Gasteiger partial charge in [0.15, 0.2) is 6.61 Å². The van der Waals surface area contributed by atoms with Crippen LogP contribution in [0.5, 0.6) is 5.75 Å². The van der Waals surface area contributed by atoms with E-state index in [1.807, 2.05) is 12.1 Å². The monoisotopic (exact) mass is 436 g/mol. The number of piperidine rings is 1. The van der Waals surface area contributed by atoms with Crippen LogP contribution in [0.15, 0.2) is 18.2 Å². The summed E-state index contributed by atoms with van der Waals surface area (Å²) in [4.78, 5) is 14.9. The van der Waals surface area contributed by atoms with Gasteiger partial charge in [-0.2, -0.15) is 0 Å². The molecule has 3 heterocycles. The first-order valence-electron chi connectivity index (χ1n) is 10.9. The molecule has 1 saturated heterocycles. The number of nitrogens with one attached hydrogen (secondary N) is 1. The van der Waals surface area contributed by atoms with Crippen molar-refractivity contribution in [1.82, 2.24) is 9.62 Å². The number of rotatable bonds is 2. The Morgan fingerprint density at radius 3 is 2.63 bits per heavy atom. The SMILES string of the molecule is Cc1cccc2c1[C@H]1CC[C@H](CC1)OC[C@H]1[C@@H](NS(C)(=O)=O)CCCN1C(=O)CO2. The number of hydrogen-bond acceptors (Lipinski definition) is 5. The molecule has 166 valence electrons. The molecule has 1 saturated carbocycles. The lowest BCUT2D eigenvalue weighted by Gasteiger charge is -2.41. The van der Waals surface area contributed by atoms with Crippen LogP contribution in [-0.2, 0) is 19.6 Å². The number of hydrogen-bond donors (Lipinski definition) is 1. The van der Waals surface area contributed by atoms with E-state index in [9.17, 15) is 13.2 Å². The third-order valence-electron chi connectivity index (χ3n) is 6.69. The Morgan fingerprint density at radius 2 is 1.90 bits per heavy atom. The quantitative estimate of drug-likeness (QED) is 0.769. The molecule has 1 amide bonds. The lowest BCUT2D eigenvalue weighted by atomic mass is 9.80. The molecule has 8 heteroatoms. The lowest BCUT2D eigenvalue weighted by Crippen LogP contribution is -2.59. The van der Waals surface area contributed by atoms with E-state index in [-0.39, 0.29) is 30.7 Å². The Balaban J connectivity index is 1.63. The zero-order chi connectivity index (χ0) is 21.3. The summed E-state index contributed by atoms with van der Waals surface area (Å²) in [6.45, 7) is 2.99. The van der Waals surface area contributed by atoms with Crippen molar-refractivity contribution >= 4 is 15.9 Å². The van der Waals surface area contributed by atoms with Crippen LogP contribution in [0.3, 0.4) is 0 Å². The fraction of sp³-hybridized carbons (Fsp3) is 0.682. The number of carbonyl (C=O) groups is 1. The zero-order valence-electron chi connectivity index (χ0n) is 17.8. The summed E-state index contributed by atoms with van der Waals surface area (Å²) in [6.07, 6.45) is 6.73. The Hall–Kier alpha value is -1.64. The molecule has 0 spiro atoms. The highest BCUT2D eigenvalue weighted by Crippen LogP contribution is 2.40. The number of amides is 1. The molecule has 4 aliphatic rings. The minimum atomic E-state index is -3.38. The third-order valence-corrected chi connectivity index (χ3v) is 7.42. The van der Waals surface area contributed by atoms with E-state index in [1.165, 1.54) is 11.1 Å². The van der Waals surface area contributed by atoms with Gasteiger partial charge in [0.1, 0.15) is 5.75 Å². The van der Waals surface area contributed by atoms with Crippen molar-refractivity contribution in [2.75, 3.05) is 26.0 Å². The molecule has 1 N–H and O–H groups in total. The maximum atomic E-state index is 13.1. The molecular weight excluding hydrogens is 404 g/mol. The molecule has 1 aromatic carbocycles.